The van der Waals surface area contributed by atoms with Crippen LogP contribution < -0.4 is 10.6 Å². The normalized spacial score (nSPS) is 13.6. The third kappa shape index (κ3) is 6.80. The van der Waals surface area contributed by atoms with Crippen LogP contribution in [-0.2, 0) is 4.79 Å². The topological polar surface area (TPSA) is 61.4 Å². The molecule has 0 fully saturated rings. The summed E-state index contributed by atoms with van der Waals surface area (Å²) >= 11 is 0. The second-order valence-corrected chi connectivity index (χ2v) is 5.18. The van der Waals surface area contributed by atoms with E-state index in [1.54, 1.807) is 0 Å². The molecule has 0 bridgehead atoms. The molecule has 1 amide bonds. The Morgan fingerprint density at radius 3 is 2.44 bits per heavy atom. The maximum absolute atomic E-state index is 11.6. The van der Waals surface area contributed by atoms with Gasteiger partial charge in [-0.05, 0) is 24.8 Å². The predicted molar refractivity (Wildman–Crippen MR) is 66.2 cm³/mol. The first-order chi connectivity index (χ1) is 7.41. The molecule has 0 spiro atoms. The molecule has 1 atom stereocenters. The van der Waals surface area contributed by atoms with Crippen molar-refractivity contribution in [2.24, 2.45) is 5.41 Å². The standard InChI is InChI=1S/C12H26N2O2/c1-5-7-13-9-11(16)14-10(6-8-15)12(2,3)4/h10,13,15H,5-9H2,1-4H3,(H,14,16). The van der Waals surface area contributed by atoms with Crippen molar-refractivity contribution in [1.82, 2.24) is 10.6 Å². The highest BCUT2D eigenvalue weighted by Crippen LogP contribution is 2.21. The molecular weight excluding hydrogens is 204 g/mol. The van der Waals surface area contributed by atoms with Crippen molar-refractivity contribution in [3.63, 3.8) is 0 Å². The van der Waals surface area contributed by atoms with Gasteiger partial charge in [-0.3, -0.25) is 4.79 Å². The number of aliphatic hydroxyl groups is 1. The van der Waals surface area contributed by atoms with E-state index < -0.39 is 0 Å². The van der Waals surface area contributed by atoms with Crippen molar-refractivity contribution in [2.45, 2.75) is 46.6 Å². The van der Waals surface area contributed by atoms with Gasteiger partial charge in [-0.2, -0.15) is 0 Å². The van der Waals surface area contributed by atoms with Crippen LogP contribution in [0.1, 0.15) is 40.5 Å². The van der Waals surface area contributed by atoms with Crippen LogP contribution in [-0.4, -0.2) is 36.8 Å². The second-order valence-electron chi connectivity index (χ2n) is 5.18. The Balaban J connectivity index is 4.04. The maximum atomic E-state index is 11.6. The molecule has 0 aliphatic heterocycles. The number of carbonyl (C=O) groups is 1. The Bertz CT molecular complexity index is 200. The molecule has 0 aliphatic carbocycles. The third-order valence-corrected chi connectivity index (χ3v) is 2.51. The van der Waals surface area contributed by atoms with E-state index in [0.29, 0.717) is 13.0 Å². The number of hydrogen-bond acceptors (Lipinski definition) is 3. The third-order valence-electron chi connectivity index (χ3n) is 2.51. The zero-order valence-electron chi connectivity index (χ0n) is 11.0. The summed E-state index contributed by atoms with van der Waals surface area (Å²) in [6, 6.07) is 0.0217. The first-order valence-electron chi connectivity index (χ1n) is 6.02. The van der Waals surface area contributed by atoms with E-state index in [9.17, 15) is 4.79 Å². The molecule has 0 saturated heterocycles. The number of aliphatic hydroxyl groups excluding tert-OH is 1. The highest BCUT2D eigenvalue weighted by atomic mass is 16.3. The van der Waals surface area contributed by atoms with Gasteiger partial charge in [0.2, 0.25) is 5.91 Å². The Morgan fingerprint density at radius 2 is 2.00 bits per heavy atom. The van der Waals surface area contributed by atoms with Crippen LogP contribution in [0, 0.1) is 5.41 Å². The minimum Gasteiger partial charge on any atom is -0.396 e. The molecule has 0 aromatic rings. The van der Waals surface area contributed by atoms with Crippen LogP contribution in [0.15, 0.2) is 0 Å². The average Bonchev–Trinajstić information content (AvgIpc) is 2.16. The molecule has 0 aromatic heterocycles. The van der Waals surface area contributed by atoms with Gasteiger partial charge in [-0.15, -0.1) is 0 Å². The van der Waals surface area contributed by atoms with Crippen LogP contribution in [0.3, 0.4) is 0 Å². The highest BCUT2D eigenvalue weighted by molar-refractivity contribution is 5.78. The van der Waals surface area contributed by atoms with E-state index in [0.717, 1.165) is 13.0 Å². The zero-order valence-corrected chi connectivity index (χ0v) is 11.0. The van der Waals surface area contributed by atoms with E-state index in [1.165, 1.54) is 0 Å². The molecule has 16 heavy (non-hydrogen) atoms. The zero-order chi connectivity index (χ0) is 12.6. The summed E-state index contributed by atoms with van der Waals surface area (Å²) in [6.07, 6.45) is 1.62. The minimum atomic E-state index is -0.0247. The van der Waals surface area contributed by atoms with Gasteiger partial charge < -0.3 is 15.7 Å². The first-order valence-corrected chi connectivity index (χ1v) is 6.02. The van der Waals surface area contributed by atoms with Crippen molar-refractivity contribution in [1.29, 1.82) is 0 Å². The molecule has 0 radical (unpaired) electrons. The molecular formula is C12H26N2O2. The lowest BCUT2D eigenvalue weighted by atomic mass is 9.85. The average molecular weight is 230 g/mol. The van der Waals surface area contributed by atoms with E-state index in [4.69, 9.17) is 5.11 Å². The Morgan fingerprint density at radius 1 is 1.38 bits per heavy atom. The number of carbonyl (C=O) groups excluding carboxylic acids is 1. The Labute approximate surface area is 98.8 Å². The monoisotopic (exact) mass is 230 g/mol. The van der Waals surface area contributed by atoms with Gasteiger partial charge >= 0.3 is 0 Å². The lowest BCUT2D eigenvalue weighted by molar-refractivity contribution is -0.121. The van der Waals surface area contributed by atoms with Crippen molar-refractivity contribution in [3.05, 3.63) is 0 Å². The largest absolute Gasteiger partial charge is 0.396 e. The molecule has 96 valence electrons. The van der Waals surface area contributed by atoms with Crippen molar-refractivity contribution in [2.75, 3.05) is 19.7 Å². The summed E-state index contributed by atoms with van der Waals surface area (Å²) < 4.78 is 0. The molecule has 0 aliphatic rings. The molecule has 0 rings (SSSR count). The van der Waals surface area contributed by atoms with E-state index in [-0.39, 0.29) is 24.0 Å². The predicted octanol–water partition coefficient (Wildman–Crippen LogP) is 0.899. The van der Waals surface area contributed by atoms with Crippen LogP contribution in [0.4, 0.5) is 0 Å². The first kappa shape index (κ1) is 15.4. The Hall–Kier alpha value is -0.610. The lowest BCUT2D eigenvalue weighted by Gasteiger charge is -2.31. The Kier molecular flexibility index (Phi) is 7.34. The van der Waals surface area contributed by atoms with Crippen molar-refractivity contribution >= 4 is 5.91 Å². The van der Waals surface area contributed by atoms with Crippen molar-refractivity contribution in [3.8, 4) is 0 Å². The molecule has 4 nitrogen and oxygen atoms in total. The van der Waals surface area contributed by atoms with Crippen LogP contribution in [0.2, 0.25) is 0 Å². The van der Waals surface area contributed by atoms with Gasteiger partial charge in [0, 0.05) is 12.6 Å². The van der Waals surface area contributed by atoms with Crippen LogP contribution in [0.5, 0.6) is 0 Å². The summed E-state index contributed by atoms with van der Waals surface area (Å²) in [5.41, 5.74) is -0.0247. The fourth-order valence-corrected chi connectivity index (χ4v) is 1.47. The van der Waals surface area contributed by atoms with Gasteiger partial charge in [0.1, 0.15) is 0 Å². The summed E-state index contributed by atoms with van der Waals surface area (Å²) in [7, 11) is 0. The molecule has 0 aromatic carbocycles. The van der Waals surface area contributed by atoms with Crippen LogP contribution in [0.25, 0.3) is 0 Å². The second kappa shape index (κ2) is 7.63. The summed E-state index contributed by atoms with van der Waals surface area (Å²) in [5, 5.41) is 15.0. The van der Waals surface area contributed by atoms with Gasteiger partial charge in [-0.25, -0.2) is 0 Å². The smallest absolute Gasteiger partial charge is 0.234 e. The van der Waals surface area contributed by atoms with Gasteiger partial charge in [0.25, 0.3) is 0 Å². The quantitative estimate of drug-likeness (QED) is 0.569. The SMILES string of the molecule is CCCNCC(=O)NC(CCO)C(C)(C)C. The highest BCUT2D eigenvalue weighted by Gasteiger charge is 2.25. The van der Waals surface area contributed by atoms with E-state index >= 15 is 0 Å². The fourth-order valence-electron chi connectivity index (χ4n) is 1.47. The van der Waals surface area contributed by atoms with Gasteiger partial charge in [0.15, 0.2) is 0 Å². The van der Waals surface area contributed by atoms with E-state index in [2.05, 4.69) is 38.3 Å². The molecule has 1 unspecified atom stereocenters. The fraction of sp³-hybridized carbons (Fsp3) is 0.917. The summed E-state index contributed by atoms with van der Waals surface area (Å²) in [6.45, 7) is 9.56. The minimum absolute atomic E-state index is 0.00169. The number of rotatable bonds is 7. The molecule has 0 saturated carbocycles. The molecule has 3 N–H and O–H groups in total. The summed E-state index contributed by atoms with van der Waals surface area (Å²) in [4.78, 5) is 11.6. The van der Waals surface area contributed by atoms with Gasteiger partial charge in [0.05, 0.1) is 6.54 Å². The van der Waals surface area contributed by atoms with Crippen molar-refractivity contribution < 1.29 is 9.90 Å². The lowest BCUT2D eigenvalue weighted by Crippen LogP contribution is -2.47. The number of hydrogen-bond donors (Lipinski definition) is 3. The number of amides is 1. The molecule has 4 heteroatoms. The molecule has 0 heterocycles. The van der Waals surface area contributed by atoms with Crippen LogP contribution >= 0.6 is 0 Å². The summed E-state index contributed by atoms with van der Waals surface area (Å²) in [5.74, 6) is 0.00169. The van der Waals surface area contributed by atoms with Gasteiger partial charge in [-0.1, -0.05) is 27.7 Å². The number of nitrogens with one attached hydrogen (secondary N) is 2. The maximum Gasteiger partial charge on any atom is 0.234 e. The van der Waals surface area contributed by atoms with E-state index in [1.807, 2.05) is 0 Å².